The number of aromatic nitrogens is 1. The predicted molar refractivity (Wildman–Crippen MR) is 89.6 cm³/mol. The molecule has 2 aromatic rings. The van der Waals surface area contributed by atoms with E-state index in [-0.39, 0.29) is 0 Å². The number of nitrogens with one attached hydrogen (secondary N) is 1. The molecule has 1 unspecified atom stereocenters. The fraction of sp³-hybridized carbons (Fsp3) is 0.471. The first-order valence-corrected chi connectivity index (χ1v) is 7.67. The summed E-state index contributed by atoms with van der Waals surface area (Å²) in [5.74, 6) is 0. The van der Waals surface area contributed by atoms with Crippen LogP contribution in [0.25, 0.3) is 10.8 Å². The molecule has 1 heterocycles. The molecule has 0 amide bonds. The van der Waals surface area contributed by atoms with Crippen LogP contribution in [-0.4, -0.2) is 35.6 Å². The second kappa shape index (κ2) is 5.53. The third-order valence-corrected chi connectivity index (χ3v) is 4.48. The van der Waals surface area contributed by atoms with E-state index >= 15 is 0 Å². The summed E-state index contributed by atoms with van der Waals surface area (Å²) in [5.41, 5.74) is 8.99. The van der Waals surface area contributed by atoms with E-state index in [1.165, 1.54) is 12.8 Å². The van der Waals surface area contributed by atoms with Crippen LogP contribution in [0.5, 0.6) is 0 Å². The van der Waals surface area contributed by atoms with Gasteiger partial charge < -0.3 is 11.1 Å². The van der Waals surface area contributed by atoms with Crippen LogP contribution >= 0.6 is 0 Å². The van der Waals surface area contributed by atoms with Crippen LogP contribution in [0.4, 0.5) is 11.4 Å². The molecule has 0 aliphatic heterocycles. The van der Waals surface area contributed by atoms with E-state index in [0.29, 0.717) is 6.04 Å². The van der Waals surface area contributed by atoms with Crippen molar-refractivity contribution in [2.24, 2.45) is 0 Å². The summed E-state index contributed by atoms with van der Waals surface area (Å²) in [7, 11) is 2.22. The van der Waals surface area contributed by atoms with Gasteiger partial charge in [0.15, 0.2) is 0 Å². The normalized spacial score (nSPS) is 16.4. The van der Waals surface area contributed by atoms with Crippen molar-refractivity contribution in [2.45, 2.75) is 38.8 Å². The number of hydrogen-bond acceptors (Lipinski definition) is 4. The molecule has 4 nitrogen and oxygen atoms in total. The van der Waals surface area contributed by atoms with Crippen LogP contribution in [0.1, 0.15) is 25.5 Å². The highest BCUT2D eigenvalue weighted by Gasteiger charge is 2.28. The van der Waals surface area contributed by atoms with Gasteiger partial charge in [0.2, 0.25) is 0 Å². The lowest BCUT2D eigenvalue weighted by molar-refractivity contribution is 0.257. The minimum atomic E-state index is 0.521. The first kappa shape index (κ1) is 14.1. The van der Waals surface area contributed by atoms with Gasteiger partial charge in [-0.05, 0) is 51.9 Å². The molecule has 1 aliphatic carbocycles. The Labute approximate surface area is 126 Å². The zero-order valence-electron chi connectivity index (χ0n) is 13.1. The van der Waals surface area contributed by atoms with Crippen molar-refractivity contribution in [3.05, 3.63) is 30.1 Å². The molecule has 0 bridgehead atoms. The Hall–Kier alpha value is -1.81. The number of likely N-dealkylation sites (N-methyl/N-ethyl adjacent to an activating group) is 1. The van der Waals surface area contributed by atoms with E-state index < -0.39 is 0 Å². The first-order valence-electron chi connectivity index (χ1n) is 7.67. The van der Waals surface area contributed by atoms with Gasteiger partial charge in [-0.2, -0.15) is 0 Å². The molecule has 1 aliphatic rings. The van der Waals surface area contributed by atoms with Crippen molar-refractivity contribution in [2.75, 3.05) is 24.6 Å². The average Bonchev–Trinajstić information content (AvgIpc) is 3.30. The van der Waals surface area contributed by atoms with Crippen molar-refractivity contribution in [3.63, 3.8) is 0 Å². The molecule has 1 fully saturated rings. The van der Waals surface area contributed by atoms with Gasteiger partial charge in [0.25, 0.3) is 0 Å². The topological polar surface area (TPSA) is 54.2 Å². The summed E-state index contributed by atoms with van der Waals surface area (Å²) >= 11 is 0. The molecule has 1 aromatic heterocycles. The number of pyridine rings is 1. The van der Waals surface area contributed by atoms with Gasteiger partial charge in [0.05, 0.1) is 0 Å². The third-order valence-electron chi connectivity index (χ3n) is 4.48. The number of benzene rings is 1. The molecule has 3 rings (SSSR count). The van der Waals surface area contributed by atoms with Crippen molar-refractivity contribution in [1.82, 2.24) is 9.88 Å². The summed E-state index contributed by atoms with van der Waals surface area (Å²) < 4.78 is 0. The molecule has 112 valence electrons. The maximum Gasteiger partial charge on any atom is 0.0423 e. The minimum absolute atomic E-state index is 0.521. The van der Waals surface area contributed by atoms with Crippen LogP contribution in [0.2, 0.25) is 0 Å². The van der Waals surface area contributed by atoms with Gasteiger partial charge in [-0.15, -0.1) is 0 Å². The fourth-order valence-electron chi connectivity index (χ4n) is 2.76. The van der Waals surface area contributed by atoms with E-state index in [2.05, 4.69) is 41.3 Å². The number of anilines is 2. The smallest absolute Gasteiger partial charge is 0.0423 e. The quantitative estimate of drug-likeness (QED) is 0.829. The van der Waals surface area contributed by atoms with Crippen LogP contribution in [0.15, 0.2) is 24.4 Å². The van der Waals surface area contributed by atoms with Crippen LogP contribution in [0, 0.1) is 6.92 Å². The van der Waals surface area contributed by atoms with Gasteiger partial charge >= 0.3 is 0 Å². The van der Waals surface area contributed by atoms with Crippen molar-refractivity contribution in [3.8, 4) is 0 Å². The Morgan fingerprint density at radius 2 is 2.14 bits per heavy atom. The number of nitrogens with zero attached hydrogens (tertiary/aromatic N) is 2. The zero-order valence-corrected chi connectivity index (χ0v) is 13.1. The number of rotatable bonds is 5. The van der Waals surface area contributed by atoms with E-state index in [4.69, 9.17) is 5.73 Å². The number of nitrogen functional groups attached to an aromatic ring is 1. The summed E-state index contributed by atoms with van der Waals surface area (Å²) in [6.45, 7) is 5.22. The lowest BCUT2D eigenvalue weighted by atomic mass is 10.1. The average molecular weight is 284 g/mol. The number of fused-ring (bicyclic) bond motifs is 1. The summed E-state index contributed by atoms with van der Waals surface area (Å²) in [6, 6.07) is 7.44. The predicted octanol–water partition coefficient (Wildman–Crippen LogP) is 3.02. The van der Waals surface area contributed by atoms with E-state index in [1.807, 2.05) is 19.2 Å². The van der Waals surface area contributed by atoms with Gasteiger partial charge in [-0.3, -0.25) is 9.88 Å². The molecule has 1 aromatic carbocycles. The third kappa shape index (κ3) is 2.95. The molecular formula is C17H24N4. The van der Waals surface area contributed by atoms with Crippen molar-refractivity contribution >= 4 is 22.1 Å². The SMILES string of the molecule is Cc1cc2c(NCC(C)N(C)C3CC3)ccc(N)c2cn1. The van der Waals surface area contributed by atoms with Gasteiger partial charge in [0, 0.05) is 52.7 Å². The largest absolute Gasteiger partial charge is 0.398 e. The molecule has 0 saturated heterocycles. The highest BCUT2D eigenvalue weighted by Crippen LogP contribution is 2.29. The number of aryl methyl sites for hydroxylation is 1. The van der Waals surface area contributed by atoms with E-state index in [9.17, 15) is 0 Å². The monoisotopic (exact) mass is 284 g/mol. The Morgan fingerprint density at radius 3 is 2.86 bits per heavy atom. The van der Waals surface area contributed by atoms with Crippen LogP contribution < -0.4 is 11.1 Å². The standard InChI is InChI=1S/C17H24N4/c1-11-8-14-15(10-19-11)16(18)6-7-17(14)20-9-12(2)21(3)13-4-5-13/h6-8,10,12-13,20H,4-5,9,18H2,1-3H3. The molecule has 0 spiro atoms. The van der Waals surface area contributed by atoms with Crippen LogP contribution in [-0.2, 0) is 0 Å². The highest BCUT2D eigenvalue weighted by atomic mass is 15.2. The summed E-state index contributed by atoms with van der Waals surface area (Å²) in [5, 5.41) is 5.76. The van der Waals surface area contributed by atoms with E-state index in [0.717, 1.165) is 40.4 Å². The molecular weight excluding hydrogens is 260 g/mol. The van der Waals surface area contributed by atoms with Crippen molar-refractivity contribution in [1.29, 1.82) is 0 Å². The fourth-order valence-corrected chi connectivity index (χ4v) is 2.76. The molecule has 4 heteroatoms. The highest BCUT2D eigenvalue weighted by molar-refractivity contribution is 6.00. The maximum absolute atomic E-state index is 6.05. The van der Waals surface area contributed by atoms with Crippen LogP contribution in [0.3, 0.4) is 0 Å². The zero-order chi connectivity index (χ0) is 15.0. The Balaban J connectivity index is 1.80. The van der Waals surface area contributed by atoms with Crippen molar-refractivity contribution < 1.29 is 0 Å². The second-order valence-corrected chi connectivity index (χ2v) is 6.20. The number of hydrogen-bond donors (Lipinski definition) is 2. The second-order valence-electron chi connectivity index (χ2n) is 6.20. The summed E-state index contributed by atoms with van der Waals surface area (Å²) in [6.07, 6.45) is 4.55. The Bertz CT molecular complexity index is 649. The molecule has 0 radical (unpaired) electrons. The molecule has 1 saturated carbocycles. The van der Waals surface area contributed by atoms with E-state index in [1.54, 1.807) is 0 Å². The Kier molecular flexibility index (Phi) is 3.72. The number of nitrogens with two attached hydrogens (primary N) is 1. The summed E-state index contributed by atoms with van der Waals surface area (Å²) in [4.78, 5) is 6.82. The Morgan fingerprint density at radius 1 is 1.38 bits per heavy atom. The van der Waals surface area contributed by atoms with Gasteiger partial charge in [-0.25, -0.2) is 0 Å². The molecule has 21 heavy (non-hydrogen) atoms. The lowest BCUT2D eigenvalue weighted by Gasteiger charge is -2.25. The van der Waals surface area contributed by atoms with Gasteiger partial charge in [0.1, 0.15) is 0 Å². The minimum Gasteiger partial charge on any atom is -0.398 e. The lowest BCUT2D eigenvalue weighted by Crippen LogP contribution is -2.36. The first-order chi connectivity index (χ1) is 10.1. The molecule has 1 atom stereocenters. The molecule has 3 N–H and O–H groups in total. The van der Waals surface area contributed by atoms with Gasteiger partial charge in [-0.1, -0.05) is 0 Å². The maximum atomic E-state index is 6.05.